The van der Waals surface area contributed by atoms with Crippen molar-refractivity contribution < 1.29 is 19.4 Å². The van der Waals surface area contributed by atoms with Crippen molar-refractivity contribution in [2.24, 2.45) is 0 Å². The summed E-state index contributed by atoms with van der Waals surface area (Å²) in [6.07, 6.45) is 2.12. The van der Waals surface area contributed by atoms with Crippen molar-refractivity contribution in [2.45, 2.75) is 13.0 Å². The number of aromatic carboxylic acids is 1. The zero-order valence-electron chi connectivity index (χ0n) is 9.17. The number of carbonyl (C=O) groups excluding carboxylic acids is 1. The first kappa shape index (κ1) is 13.2. The molecule has 1 rings (SSSR count). The quantitative estimate of drug-likeness (QED) is 0.784. The molecule has 0 saturated heterocycles. The number of carboxylic acid groups (broad SMARTS) is 1. The molecule has 1 unspecified atom stereocenters. The van der Waals surface area contributed by atoms with Gasteiger partial charge in [-0.3, -0.25) is 0 Å². The second-order valence-electron chi connectivity index (χ2n) is 3.12. The van der Waals surface area contributed by atoms with Crippen molar-refractivity contribution in [3.05, 3.63) is 28.7 Å². The number of carboxylic acids is 1. The van der Waals surface area contributed by atoms with Crippen LogP contribution in [0.5, 0.6) is 0 Å². The van der Waals surface area contributed by atoms with Crippen LogP contribution >= 0.6 is 11.3 Å². The Bertz CT molecular complexity index is 430. The van der Waals surface area contributed by atoms with Crippen molar-refractivity contribution in [3.63, 3.8) is 0 Å². The molecule has 0 saturated carbocycles. The first-order valence-corrected chi connectivity index (χ1v) is 5.59. The maximum absolute atomic E-state index is 11.2. The van der Waals surface area contributed by atoms with E-state index in [0.717, 1.165) is 11.3 Å². The molecule has 0 aromatic carbocycles. The number of amides is 1. The molecule has 1 aromatic rings. The van der Waals surface area contributed by atoms with E-state index in [-0.39, 0.29) is 11.5 Å². The van der Waals surface area contributed by atoms with Crippen molar-refractivity contribution in [3.8, 4) is 0 Å². The minimum absolute atomic E-state index is 0.122. The van der Waals surface area contributed by atoms with Crippen LogP contribution in [0.15, 0.2) is 18.9 Å². The Hall–Kier alpha value is -1.89. The molecule has 0 aliphatic carbocycles. The fourth-order valence-corrected chi connectivity index (χ4v) is 1.76. The van der Waals surface area contributed by atoms with Gasteiger partial charge in [-0.2, -0.15) is 0 Å². The highest BCUT2D eigenvalue weighted by Gasteiger charge is 2.16. The lowest BCUT2D eigenvalue weighted by molar-refractivity contribution is 0.0702. The zero-order valence-corrected chi connectivity index (χ0v) is 9.99. The number of alkyl carbamates (subject to hydrolysis) is 1. The summed E-state index contributed by atoms with van der Waals surface area (Å²) in [5.74, 6) is -1.03. The number of nitrogens with one attached hydrogen (secondary N) is 1. The van der Waals surface area contributed by atoms with Gasteiger partial charge in [0, 0.05) is 0 Å². The van der Waals surface area contributed by atoms with E-state index in [0.29, 0.717) is 5.01 Å². The molecule has 0 aliphatic rings. The number of nitrogens with zero attached hydrogens (tertiary/aromatic N) is 1. The summed E-state index contributed by atoms with van der Waals surface area (Å²) < 4.78 is 4.73. The Balaban J connectivity index is 2.56. The highest BCUT2D eigenvalue weighted by atomic mass is 32.1. The van der Waals surface area contributed by atoms with Gasteiger partial charge in [-0.25, -0.2) is 14.6 Å². The Kier molecular flexibility index (Phi) is 4.65. The van der Waals surface area contributed by atoms with Crippen molar-refractivity contribution in [2.75, 3.05) is 6.61 Å². The molecule has 7 heteroatoms. The average Bonchev–Trinajstić information content (AvgIpc) is 2.75. The minimum Gasteiger partial charge on any atom is -0.477 e. The fraction of sp³-hybridized carbons (Fsp3) is 0.300. The smallest absolute Gasteiger partial charge is 0.408 e. The maximum Gasteiger partial charge on any atom is 0.408 e. The standard InChI is InChI=1S/C10H12N2O4S/c1-3-4-16-10(15)12-6(2)8-11-5-7(17-8)9(13)14/h3,5-6H,1,4H2,2H3,(H,12,15)(H,13,14). The van der Waals surface area contributed by atoms with Gasteiger partial charge in [-0.1, -0.05) is 12.7 Å². The van der Waals surface area contributed by atoms with Gasteiger partial charge < -0.3 is 15.2 Å². The Labute approximate surface area is 102 Å². The number of rotatable bonds is 5. The van der Waals surface area contributed by atoms with E-state index in [1.165, 1.54) is 12.3 Å². The highest BCUT2D eigenvalue weighted by molar-refractivity contribution is 7.13. The lowest BCUT2D eigenvalue weighted by atomic mass is 10.4. The third-order valence-corrected chi connectivity index (χ3v) is 2.94. The Morgan fingerprint density at radius 2 is 2.47 bits per heavy atom. The molecule has 0 spiro atoms. The molecule has 2 N–H and O–H groups in total. The van der Waals surface area contributed by atoms with Crippen molar-refractivity contribution in [1.82, 2.24) is 10.3 Å². The fourth-order valence-electron chi connectivity index (χ4n) is 1.00. The number of hydrogen-bond acceptors (Lipinski definition) is 5. The molecule has 1 aromatic heterocycles. The predicted octanol–water partition coefficient (Wildman–Crippen LogP) is 1.81. The molecular weight excluding hydrogens is 244 g/mol. The van der Waals surface area contributed by atoms with Crippen LogP contribution in [0, 0.1) is 0 Å². The van der Waals surface area contributed by atoms with E-state index in [9.17, 15) is 9.59 Å². The second-order valence-corrected chi connectivity index (χ2v) is 4.18. The van der Waals surface area contributed by atoms with Crippen LogP contribution in [0.1, 0.15) is 27.6 Å². The van der Waals surface area contributed by atoms with E-state index in [1.807, 2.05) is 0 Å². The molecule has 0 fully saturated rings. The van der Waals surface area contributed by atoms with Crippen molar-refractivity contribution >= 4 is 23.4 Å². The third kappa shape index (κ3) is 3.87. The molecule has 0 radical (unpaired) electrons. The minimum atomic E-state index is -1.03. The van der Waals surface area contributed by atoms with Crippen LogP contribution in [-0.2, 0) is 4.74 Å². The Morgan fingerprint density at radius 1 is 1.76 bits per heavy atom. The Morgan fingerprint density at radius 3 is 3.00 bits per heavy atom. The first-order valence-electron chi connectivity index (χ1n) is 4.77. The summed E-state index contributed by atoms with van der Waals surface area (Å²) in [6, 6.07) is -0.398. The summed E-state index contributed by atoms with van der Waals surface area (Å²) >= 11 is 1.01. The topological polar surface area (TPSA) is 88.5 Å². The molecule has 1 amide bonds. The molecule has 92 valence electrons. The molecule has 6 nitrogen and oxygen atoms in total. The average molecular weight is 256 g/mol. The number of hydrogen-bond donors (Lipinski definition) is 2. The van der Waals surface area contributed by atoms with E-state index in [2.05, 4.69) is 16.9 Å². The number of thiazole rings is 1. The van der Waals surface area contributed by atoms with Gasteiger partial charge >= 0.3 is 12.1 Å². The van der Waals surface area contributed by atoms with Gasteiger partial charge in [0.2, 0.25) is 0 Å². The monoisotopic (exact) mass is 256 g/mol. The van der Waals surface area contributed by atoms with Crippen LogP contribution in [0.3, 0.4) is 0 Å². The van der Waals surface area contributed by atoms with Gasteiger partial charge in [-0.05, 0) is 6.92 Å². The van der Waals surface area contributed by atoms with Crippen LogP contribution in [0.4, 0.5) is 4.79 Å². The summed E-state index contributed by atoms with van der Waals surface area (Å²) in [4.78, 5) is 25.9. The normalized spacial score (nSPS) is 11.6. The van der Waals surface area contributed by atoms with Crippen LogP contribution in [0.2, 0.25) is 0 Å². The largest absolute Gasteiger partial charge is 0.477 e. The van der Waals surface area contributed by atoms with Gasteiger partial charge in [-0.15, -0.1) is 11.3 Å². The van der Waals surface area contributed by atoms with Crippen LogP contribution < -0.4 is 5.32 Å². The molecule has 0 aliphatic heterocycles. The zero-order chi connectivity index (χ0) is 12.8. The van der Waals surface area contributed by atoms with Gasteiger partial charge in [0.05, 0.1) is 12.2 Å². The van der Waals surface area contributed by atoms with E-state index < -0.39 is 18.1 Å². The van der Waals surface area contributed by atoms with Gasteiger partial charge in [0.15, 0.2) is 0 Å². The lowest BCUT2D eigenvalue weighted by Crippen LogP contribution is -2.27. The summed E-state index contributed by atoms with van der Waals surface area (Å²) in [6.45, 7) is 5.23. The second kappa shape index (κ2) is 6.00. The summed E-state index contributed by atoms with van der Waals surface area (Å²) in [5, 5.41) is 11.8. The number of carbonyl (C=O) groups is 2. The summed E-state index contributed by atoms with van der Waals surface area (Å²) in [5.41, 5.74) is 0. The highest BCUT2D eigenvalue weighted by Crippen LogP contribution is 2.19. The SMILES string of the molecule is C=CCOC(=O)NC(C)c1ncc(C(=O)O)s1. The maximum atomic E-state index is 11.2. The van der Waals surface area contributed by atoms with E-state index >= 15 is 0 Å². The molecular formula is C10H12N2O4S. The molecule has 1 atom stereocenters. The van der Waals surface area contributed by atoms with Gasteiger partial charge in [0.1, 0.15) is 16.5 Å². The molecule has 1 heterocycles. The van der Waals surface area contributed by atoms with Crippen LogP contribution in [-0.4, -0.2) is 28.8 Å². The predicted molar refractivity (Wildman–Crippen MR) is 62.2 cm³/mol. The van der Waals surface area contributed by atoms with E-state index in [4.69, 9.17) is 9.84 Å². The van der Waals surface area contributed by atoms with Crippen molar-refractivity contribution in [1.29, 1.82) is 0 Å². The third-order valence-electron chi connectivity index (χ3n) is 1.77. The van der Waals surface area contributed by atoms with Crippen LogP contribution in [0.25, 0.3) is 0 Å². The van der Waals surface area contributed by atoms with Gasteiger partial charge in [0.25, 0.3) is 0 Å². The number of aromatic nitrogens is 1. The first-order chi connectivity index (χ1) is 8.04. The lowest BCUT2D eigenvalue weighted by Gasteiger charge is -2.10. The summed E-state index contributed by atoms with van der Waals surface area (Å²) in [7, 11) is 0. The molecule has 17 heavy (non-hydrogen) atoms. The van der Waals surface area contributed by atoms with E-state index in [1.54, 1.807) is 6.92 Å². The number of ether oxygens (including phenoxy) is 1. The molecule has 0 bridgehead atoms.